The Morgan fingerprint density at radius 1 is 1.38 bits per heavy atom. The molecule has 0 fully saturated rings. The molecule has 2 N–H and O–H groups in total. The smallest absolute Gasteiger partial charge is 0.257 e. The molecule has 0 saturated heterocycles. The highest BCUT2D eigenvalue weighted by atomic mass is 79.9. The lowest BCUT2D eigenvalue weighted by atomic mass is 10.1. The molecule has 0 aliphatic heterocycles. The Bertz CT molecular complexity index is 527. The summed E-state index contributed by atoms with van der Waals surface area (Å²) < 4.78 is 6.30. The lowest BCUT2D eigenvalue weighted by Crippen LogP contribution is -2.48. The van der Waals surface area contributed by atoms with Gasteiger partial charge in [0.05, 0.1) is 11.1 Å². The van der Waals surface area contributed by atoms with Gasteiger partial charge in [0.2, 0.25) is 0 Å². The average Bonchev–Trinajstić information content (AvgIpc) is 2.34. The van der Waals surface area contributed by atoms with Gasteiger partial charge in [0.25, 0.3) is 5.91 Å². The normalized spacial score (nSPS) is 10.9. The van der Waals surface area contributed by atoms with Crippen molar-refractivity contribution in [3.63, 3.8) is 0 Å². The second kappa shape index (κ2) is 7.75. The van der Waals surface area contributed by atoms with E-state index in [1.165, 1.54) is 0 Å². The van der Waals surface area contributed by atoms with Gasteiger partial charge >= 0.3 is 0 Å². The second-order valence-corrected chi connectivity index (χ2v) is 6.91. The Labute approximate surface area is 139 Å². The number of hydrogen-bond donors (Lipinski definition) is 2. The number of halogens is 1. The van der Waals surface area contributed by atoms with Crippen LogP contribution in [0.15, 0.2) is 22.7 Å². The van der Waals surface area contributed by atoms with Crippen molar-refractivity contribution in [2.24, 2.45) is 0 Å². The van der Waals surface area contributed by atoms with Crippen LogP contribution in [-0.2, 0) is 0 Å². The minimum Gasteiger partial charge on any atom is -0.492 e. The molecule has 0 aliphatic carbocycles. The zero-order chi connectivity index (χ0) is 16.0. The van der Waals surface area contributed by atoms with Gasteiger partial charge < -0.3 is 10.1 Å². The van der Waals surface area contributed by atoms with Crippen LogP contribution in [0.1, 0.15) is 44.5 Å². The number of carbonyl (C=O) groups is 1. The molecule has 0 aliphatic rings. The van der Waals surface area contributed by atoms with Gasteiger partial charge in [-0.1, -0.05) is 6.92 Å². The highest BCUT2D eigenvalue weighted by Crippen LogP contribution is 2.26. The number of benzene rings is 1. The molecule has 0 unspecified atom stereocenters. The molecule has 116 valence electrons. The molecule has 6 heteroatoms. The van der Waals surface area contributed by atoms with Crippen molar-refractivity contribution in [2.75, 3.05) is 6.61 Å². The number of rotatable bonds is 4. The average molecular weight is 373 g/mol. The molecule has 4 nitrogen and oxygen atoms in total. The van der Waals surface area contributed by atoms with Crippen LogP contribution < -0.4 is 15.4 Å². The summed E-state index contributed by atoms with van der Waals surface area (Å²) in [5.74, 6) is 0.475. The molecule has 0 saturated carbocycles. The van der Waals surface area contributed by atoms with Crippen LogP contribution in [0.2, 0.25) is 0 Å². The van der Waals surface area contributed by atoms with Crippen molar-refractivity contribution in [1.29, 1.82) is 0 Å². The lowest BCUT2D eigenvalue weighted by molar-refractivity contribution is 0.0976. The predicted octanol–water partition coefficient (Wildman–Crippen LogP) is 3.64. The van der Waals surface area contributed by atoms with Crippen LogP contribution in [0.4, 0.5) is 0 Å². The van der Waals surface area contributed by atoms with Crippen molar-refractivity contribution in [1.82, 2.24) is 10.6 Å². The largest absolute Gasteiger partial charge is 0.492 e. The molecule has 0 atom stereocenters. The number of carbonyl (C=O) groups excluding carboxylic acids is 1. The molecule has 0 aromatic heterocycles. The minimum absolute atomic E-state index is 0.192. The molecule has 0 radical (unpaired) electrons. The van der Waals surface area contributed by atoms with E-state index in [9.17, 15) is 4.79 Å². The molecular formula is C15H21BrN2O2S. The van der Waals surface area contributed by atoms with E-state index >= 15 is 0 Å². The summed E-state index contributed by atoms with van der Waals surface area (Å²) in [5.41, 5.74) is 0.326. The number of amides is 1. The van der Waals surface area contributed by atoms with E-state index < -0.39 is 0 Å². The molecule has 1 aromatic carbocycles. The maximum Gasteiger partial charge on any atom is 0.257 e. The van der Waals surface area contributed by atoms with E-state index in [1.54, 1.807) is 18.2 Å². The van der Waals surface area contributed by atoms with Gasteiger partial charge in [0.15, 0.2) is 5.11 Å². The van der Waals surface area contributed by atoms with Gasteiger partial charge in [-0.15, -0.1) is 0 Å². The highest BCUT2D eigenvalue weighted by Gasteiger charge is 2.15. The van der Waals surface area contributed by atoms with Gasteiger partial charge in [-0.05, 0) is 73.5 Å². The van der Waals surface area contributed by atoms with Crippen molar-refractivity contribution in [3.05, 3.63) is 28.2 Å². The molecule has 0 spiro atoms. The van der Waals surface area contributed by atoms with E-state index in [0.717, 1.165) is 16.6 Å². The monoisotopic (exact) mass is 372 g/mol. The van der Waals surface area contributed by atoms with Crippen molar-refractivity contribution >= 4 is 39.2 Å². The van der Waals surface area contributed by atoms with Crippen LogP contribution in [0.5, 0.6) is 5.75 Å². The van der Waals surface area contributed by atoms with E-state index in [1.807, 2.05) is 27.7 Å². The van der Waals surface area contributed by atoms with Gasteiger partial charge in [-0.3, -0.25) is 10.1 Å². The standard InChI is InChI=1S/C15H21BrN2O2S/c1-5-8-20-12-7-6-10(9-11(12)16)13(19)17-14(21)18-15(2,3)4/h6-7,9H,5,8H2,1-4H3,(H2,17,18,19,21). The Balaban J connectivity index is 2.71. The Morgan fingerprint density at radius 3 is 2.57 bits per heavy atom. The minimum atomic E-state index is -0.250. The third kappa shape index (κ3) is 6.44. The predicted molar refractivity (Wildman–Crippen MR) is 92.9 cm³/mol. The summed E-state index contributed by atoms with van der Waals surface area (Å²) in [7, 11) is 0. The van der Waals surface area contributed by atoms with E-state index in [-0.39, 0.29) is 11.4 Å². The second-order valence-electron chi connectivity index (χ2n) is 5.65. The van der Waals surface area contributed by atoms with Crippen LogP contribution >= 0.6 is 28.1 Å². The molecule has 0 heterocycles. The van der Waals surface area contributed by atoms with E-state index in [0.29, 0.717) is 17.3 Å². The zero-order valence-electron chi connectivity index (χ0n) is 12.7. The molecule has 21 heavy (non-hydrogen) atoms. The molecule has 1 aromatic rings. The van der Waals surface area contributed by atoms with Crippen LogP contribution in [-0.4, -0.2) is 23.2 Å². The maximum absolute atomic E-state index is 12.1. The van der Waals surface area contributed by atoms with Crippen molar-refractivity contribution < 1.29 is 9.53 Å². The van der Waals surface area contributed by atoms with Gasteiger partial charge in [-0.2, -0.15) is 0 Å². The highest BCUT2D eigenvalue weighted by molar-refractivity contribution is 9.10. The summed E-state index contributed by atoms with van der Waals surface area (Å²) in [6.07, 6.45) is 0.932. The fourth-order valence-electron chi connectivity index (χ4n) is 1.52. The first-order chi connectivity index (χ1) is 9.73. The Hall–Kier alpha value is -1.14. The van der Waals surface area contributed by atoms with Gasteiger partial charge in [0, 0.05) is 11.1 Å². The first-order valence-electron chi connectivity index (χ1n) is 6.79. The Morgan fingerprint density at radius 2 is 2.05 bits per heavy atom. The Kier molecular flexibility index (Phi) is 6.61. The van der Waals surface area contributed by atoms with Crippen molar-refractivity contribution in [2.45, 2.75) is 39.7 Å². The molecular weight excluding hydrogens is 352 g/mol. The summed E-state index contributed by atoms with van der Waals surface area (Å²) in [5, 5.41) is 6.01. The number of ether oxygens (including phenoxy) is 1. The first-order valence-corrected chi connectivity index (χ1v) is 7.99. The molecule has 1 amide bonds. The third-order valence-corrected chi connectivity index (χ3v) is 3.20. The summed E-state index contributed by atoms with van der Waals surface area (Å²) >= 11 is 8.52. The molecule has 0 bridgehead atoms. The topological polar surface area (TPSA) is 50.4 Å². The zero-order valence-corrected chi connectivity index (χ0v) is 15.2. The van der Waals surface area contributed by atoms with Gasteiger partial charge in [0.1, 0.15) is 5.75 Å². The fraction of sp³-hybridized carbons (Fsp3) is 0.467. The number of nitrogens with one attached hydrogen (secondary N) is 2. The SMILES string of the molecule is CCCOc1ccc(C(=O)NC(=S)NC(C)(C)C)cc1Br. The summed E-state index contributed by atoms with van der Waals surface area (Å²) in [6.45, 7) is 8.61. The quantitative estimate of drug-likeness (QED) is 0.792. The van der Waals surface area contributed by atoms with Crippen LogP contribution in [0.3, 0.4) is 0 Å². The summed E-state index contributed by atoms with van der Waals surface area (Å²) in [4.78, 5) is 12.1. The fourth-order valence-corrected chi connectivity index (χ4v) is 2.41. The van der Waals surface area contributed by atoms with Crippen LogP contribution in [0, 0.1) is 0 Å². The number of hydrogen-bond acceptors (Lipinski definition) is 3. The van der Waals surface area contributed by atoms with Crippen molar-refractivity contribution in [3.8, 4) is 5.75 Å². The number of thiocarbonyl (C=S) groups is 1. The lowest BCUT2D eigenvalue weighted by Gasteiger charge is -2.22. The summed E-state index contributed by atoms with van der Waals surface area (Å²) in [6, 6.07) is 5.21. The third-order valence-electron chi connectivity index (χ3n) is 2.37. The van der Waals surface area contributed by atoms with E-state index in [2.05, 4.69) is 26.6 Å². The van der Waals surface area contributed by atoms with E-state index in [4.69, 9.17) is 17.0 Å². The molecule has 1 rings (SSSR count). The van der Waals surface area contributed by atoms with Crippen LogP contribution in [0.25, 0.3) is 0 Å². The maximum atomic E-state index is 12.1. The van der Waals surface area contributed by atoms with Gasteiger partial charge in [-0.25, -0.2) is 0 Å². The first kappa shape index (κ1) is 17.9.